The Hall–Kier alpha value is -1.89. The zero-order chi connectivity index (χ0) is 18.4. The summed E-state index contributed by atoms with van der Waals surface area (Å²) in [5, 5.41) is 4.39. The summed E-state index contributed by atoms with van der Waals surface area (Å²) in [6, 6.07) is -0.731. The van der Waals surface area contributed by atoms with Crippen LogP contribution < -0.4 is 5.32 Å². The van der Waals surface area contributed by atoms with Gasteiger partial charge in [0.15, 0.2) is 6.61 Å². The third-order valence-electron chi connectivity index (χ3n) is 4.14. The number of thiophene rings is 1. The predicted octanol–water partition coefficient (Wildman–Crippen LogP) is 2.49. The molecule has 1 atom stereocenters. The van der Waals surface area contributed by atoms with Gasteiger partial charge in [0.05, 0.1) is 12.7 Å². The van der Waals surface area contributed by atoms with Crippen molar-refractivity contribution < 1.29 is 23.9 Å². The van der Waals surface area contributed by atoms with Gasteiger partial charge in [0.2, 0.25) is 0 Å². The van der Waals surface area contributed by atoms with Crippen molar-refractivity contribution in [2.75, 3.05) is 13.7 Å². The fourth-order valence-corrected chi connectivity index (χ4v) is 4.05. The van der Waals surface area contributed by atoms with Crippen molar-refractivity contribution >= 4 is 29.2 Å². The Morgan fingerprint density at radius 3 is 2.64 bits per heavy atom. The highest BCUT2D eigenvalue weighted by Gasteiger charge is 2.24. The molecule has 0 unspecified atom stereocenters. The molecule has 1 heterocycles. The van der Waals surface area contributed by atoms with Crippen LogP contribution >= 0.6 is 11.3 Å². The number of fused-ring (bicyclic) bond motifs is 1. The zero-order valence-electron chi connectivity index (χ0n) is 14.9. The number of methoxy groups -OCH3 is 1. The van der Waals surface area contributed by atoms with Gasteiger partial charge in [-0.15, -0.1) is 11.3 Å². The van der Waals surface area contributed by atoms with E-state index < -0.39 is 30.5 Å². The lowest BCUT2D eigenvalue weighted by atomic mass is 9.96. The minimum absolute atomic E-state index is 0.212. The monoisotopic (exact) mass is 367 g/mol. The van der Waals surface area contributed by atoms with E-state index in [1.165, 1.54) is 12.0 Å². The lowest BCUT2D eigenvalue weighted by Gasteiger charge is -2.18. The van der Waals surface area contributed by atoms with Crippen LogP contribution in [0.1, 0.15) is 53.9 Å². The molecule has 1 N–H and O–H groups in total. The van der Waals surface area contributed by atoms with Crippen LogP contribution in [0.15, 0.2) is 5.38 Å². The lowest BCUT2D eigenvalue weighted by molar-refractivity contribution is -0.145. The standard InChI is InChI=1S/C18H25NO5S/c1-11(2)8-14(18(22)23-3)19-16(20)9-24-17(21)13-10-25-15-7-5-4-6-12(13)15/h10-11,14H,4-9H2,1-3H3,(H,19,20)/t14-/m1/s1. The third kappa shape index (κ3) is 5.29. The maximum atomic E-state index is 12.2. The van der Waals surface area contributed by atoms with E-state index in [1.54, 1.807) is 11.3 Å². The van der Waals surface area contributed by atoms with Gasteiger partial charge in [0.25, 0.3) is 5.91 Å². The molecule has 1 aromatic rings. The molecular weight excluding hydrogens is 342 g/mol. The molecule has 6 nitrogen and oxygen atoms in total. The van der Waals surface area contributed by atoms with Gasteiger partial charge in [-0.3, -0.25) is 4.79 Å². The molecule has 2 rings (SSSR count). The highest BCUT2D eigenvalue weighted by molar-refractivity contribution is 7.10. The number of nitrogens with one attached hydrogen (secondary N) is 1. The van der Waals surface area contributed by atoms with Crippen molar-refractivity contribution in [1.29, 1.82) is 0 Å². The number of amides is 1. The lowest BCUT2D eigenvalue weighted by Crippen LogP contribution is -2.44. The number of rotatable bonds is 7. The molecule has 25 heavy (non-hydrogen) atoms. The number of carbonyl (C=O) groups is 3. The summed E-state index contributed by atoms with van der Waals surface area (Å²) in [6.07, 6.45) is 4.57. The number of hydrogen-bond acceptors (Lipinski definition) is 6. The average Bonchev–Trinajstić information content (AvgIpc) is 3.02. The second-order valence-electron chi connectivity index (χ2n) is 6.61. The van der Waals surface area contributed by atoms with Gasteiger partial charge >= 0.3 is 11.9 Å². The summed E-state index contributed by atoms with van der Waals surface area (Å²) in [5.74, 6) is -1.27. The van der Waals surface area contributed by atoms with Crippen LogP contribution in [0, 0.1) is 5.92 Å². The summed E-state index contributed by atoms with van der Waals surface area (Å²) in [6.45, 7) is 3.48. The molecule has 0 aromatic carbocycles. The fourth-order valence-electron chi connectivity index (χ4n) is 2.94. The first kappa shape index (κ1) is 19.4. The Morgan fingerprint density at radius 2 is 1.96 bits per heavy atom. The summed E-state index contributed by atoms with van der Waals surface area (Å²) in [4.78, 5) is 37.2. The van der Waals surface area contributed by atoms with E-state index in [9.17, 15) is 14.4 Å². The second-order valence-corrected chi connectivity index (χ2v) is 7.57. The molecule has 1 aliphatic rings. The first-order valence-corrected chi connectivity index (χ1v) is 9.43. The van der Waals surface area contributed by atoms with E-state index in [0.717, 1.165) is 31.2 Å². The highest BCUT2D eigenvalue weighted by atomic mass is 32.1. The normalized spacial score (nSPS) is 14.6. The van der Waals surface area contributed by atoms with E-state index in [4.69, 9.17) is 9.47 Å². The Bertz CT molecular complexity index is 637. The number of hydrogen-bond donors (Lipinski definition) is 1. The molecule has 1 aliphatic carbocycles. The minimum Gasteiger partial charge on any atom is -0.467 e. The van der Waals surface area contributed by atoms with Crippen LogP contribution in [0.2, 0.25) is 0 Å². The molecule has 0 fully saturated rings. The number of carbonyl (C=O) groups excluding carboxylic acids is 3. The summed E-state index contributed by atoms with van der Waals surface area (Å²) in [7, 11) is 1.28. The topological polar surface area (TPSA) is 81.7 Å². The van der Waals surface area contributed by atoms with Crippen molar-refractivity contribution in [3.8, 4) is 0 Å². The van der Waals surface area contributed by atoms with E-state index in [-0.39, 0.29) is 5.92 Å². The van der Waals surface area contributed by atoms with Crippen LogP contribution in [0.3, 0.4) is 0 Å². The molecule has 7 heteroatoms. The summed E-state index contributed by atoms with van der Waals surface area (Å²) >= 11 is 1.58. The number of aryl methyl sites for hydroxylation is 1. The van der Waals surface area contributed by atoms with Gasteiger partial charge in [-0.05, 0) is 43.6 Å². The molecule has 0 spiro atoms. The first-order valence-electron chi connectivity index (χ1n) is 8.56. The predicted molar refractivity (Wildman–Crippen MR) is 94.6 cm³/mol. The molecule has 138 valence electrons. The Kier molecular flexibility index (Phi) is 6.99. The smallest absolute Gasteiger partial charge is 0.339 e. The van der Waals surface area contributed by atoms with E-state index >= 15 is 0 Å². The largest absolute Gasteiger partial charge is 0.467 e. The summed E-state index contributed by atoms with van der Waals surface area (Å²) < 4.78 is 9.84. The van der Waals surface area contributed by atoms with Crippen molar-refractivity contribution in [1.82, 2.24) is 5.32 Å². The van der Waals surface area contributed by atoms with Crippen LogP contribution in [-0.4, -0.2) is 37.6 Å². The minimum atomic E-state index is -0.731. The average molecular weight is 367 g/mol. The van der Waals surface area contributed by atoms with Crippen LogP contribution in [0.5, 0.6) is 0 Å². The maximum Gasteiger partial charge on any atom is 0.339 e. The van der Waals surface area contributed by atoms with Gasteiger partial charge < -0.3 is 14.8 Å². The molecule has 0 saturated carbocycles. The molecular formula is C18H25NO5S. The summed E-state index contributed by atoms with van der Waals surface area (Å²) in [5.41, 5.74) is 1.63. The van der Waals surface area contributed by atoms with Gasteiger partial charge in [0, 0.05) is 10.3 Å². The van der Waals surface area contributed by atoms with Crippen LogP contribution in [0.25, 0.3) is 0 Å². The Balaban J connectivity index is 1.89. The Labute approximate surface area is 151 Å². The van der Waals surface area contributed by atoms with Crippen LogP contribution in [0.4, 0.5) is 0 Å². The third-order valence-corrected chi connectivity index (χ3v) is 5.23. The molecule has 1 amide bonds. The SMILES string of the molecule is COC(=O)[C@@H](CC(C)C)NC(=O)COC(=O)c1csc2c1CCCC2. The molecule has 0 radical (unpaired) electrons. The van der Waals surface area contributed by atoms with Gasteiger partial charge in [0.1, 0.15) is 6.04 Å². The molecule has 0 bridgehead atoms. The maximum absolute atomic E-state index is 12.2. The molecule has 0 aliphatic heterocycles. The zero-order valence-corrected chi connectivity index (χ0v) is 15.7. The van der Waals surface area contributed by atoms with E-state index in [2.05, 4.69) is 5.32 Å². The highest BCUT2D eigenvalue weighted by Crippen LogP contribution is 2.30. The molecule has 1 aromatic heterocycles. The van der Waals surface area contributed by atoms with E-state index in [1.807, 2.05) is 19.2 Å². The molecule has 0 saturated heterocycles. The quantitative estimate of drug-likeness (QED) is 0.749. The van der Waals surface area contributed by atoms with Crippen LogP contribution in [-0.2, 0) is 31.9 Å². The van der Waals surface area contributed by atoms with Gasteiger partial charge in [-0.25, -0.2) is 9.59 Å². The van der Waals surface area contributed by atoms with Crippen molar-refractivity contribution in [2.45, 2.75) is 52.0 Å². The van der Waals surface area contributed by atoms with Gasteiger partial charge in [-0.2, -0.15) is 0 Å². The van der Waals surface area contributed by atoms with Crippen molar-refractivity contribution in [2.24, 2.45) is 5.92 Å². The first-order chi connectivity index (χ1) is 11.9. The van der Waals surface area contributed by atoms with Gasteiger partial charge in [-0.1, -0.05) is 13.8 Å². The van der Waals surface area contributed by atoms with Crippen molar-refractivity contribution in [3.05, 3.63) is 21.4 Å². The number of ether oxygens (including phenoxy) is 2. The Morgan fingerprint density at radius 1 is 1.24 bits per heavy atom. The van der Waals surface area contributed by atoms with Crippen molar-refractivity contribution in [3.63, 3.8) is 0 Å². The second kappa shape index (κ2) is 8.99. The van der Waals surface area contributed by atoms with E-state index in [0.29, 0.717) is 12.0 Å². The number of esters is 2. The fraction of sp³-hybridized carbons (Fsp3) is 0.611.